The van der Waals surface area contributed by atoms with Crippen LogP contribution >= 0.6 is 11.5 Å². The predicted octanol–water partition coefficient (Wildman–Crippen LogP) is 1.32. The van der Waals surface area contributed by atoms with E-state index in [0.29, 0.717) is 16.9 Å². The van der Waals surface area contributed by atoms with Gasteiger partial charge in [-0.2, -0.15) is 4.37 Å². The van der Waals surface area contributed by atoms with Gasteiger partial charge in [-0.25, -0.2) is 4.79 Å². The van der Waals surface area contributed by atoms with E-state index < -0.39 is 23.9 Å². The van der Waals surface area contributed by atoms with E-state index in [1.807, 2.05) is 0 Å². The fourth-order valence-corrected chi connectivity index (χ4v) is 2.52. The number of nitrogens with two attached hydrogens (primary N) is 2. The van der Waals surface area contributed by atoms with Gasteiger partial charge < -0.3 is 21.5 Å². The van der Waals surface area contributed by atoms with Crippen LogP contribution in [-0.4, -0.2) is 28.3 Å². The van der Waals surface area contributed by atoms with Gasteiger partial charge in [-0.05, 0) is 49.6 Å². The molecule has 0 saturated carbocycles. The number of esters is 1. The lowest BCUT2D eigenvalue weighted by Gasteiger charge is -2.13. The maximum Gasteiger partial charge on any atom is 0.343 e. The quantitative estimate of drug-likeness (QED) is 0.697. The molecule has 0 bridgehead atoms. The molecule has 24 heavy (non-hydrogen) atoms. The lowest BCUT2D eigenvalue weighted by Crippen LogP contribution is -2.30. The Labute approximate surface area is 142 Å². The van der Waals surface area contributed by atoms with Crippen molar-refractivity contribution in [2.45, 2.75) is 20.0 Å². The van der Waals surface area contributed by atoms with Crippen molar-refractivity contribution in [2.24, 2.45) is 5.73 Å². The van der Waals surface area contributed by atoms with Gasteiger partial charge in [-0.3, -0.25) is 9.59 Å². The topological polar surface area (TPSA) is 137 Å². The second kappa shape index (κ2) is 7.09. The summed E-state index contributed by atoms with van der Waals surface area (Å²) in [6.45, 7) is 3.07. The molecule has 0 aliphatic carbocycles. The first-order chi connectivity index (χ1) is 11.3. The first-order valence-corrected chi connectivity index (χ1v) is 7.70. The second-order valence-electron chi connectivity index (χ2n) is 4.99. The number of ether oxygens (including phenoxy) is 1. The smallest absolute Gasteiger partial charge is 0.343 e. The van der Waals surface area contributed by atoms with Crippen LogP contribution in [-0.2, 0) is 9.53 Å². The van der Waals surface area contributed by atoms with Gasteiger partial charge in [0.1, 0.15) is 10.6 Å². The molecule has 1 aromatic carbocycles. The molecule has 0 radical (unpaired) electrons. The van der Waals surface area contributed by atoms with Gasteiger partial charge in [0, 0.05) is 11.3 Å². The first-order valence-electron chi connectivity index (χ1n) is 6.93. The zero-order chi connectivity index (χ0) is 17.9. The Kier molecular flexibility index (Phi) is 5.14. The number of amides is 2. The molecule has 2 rings (SSSR count). The van der Waals surface area contributed by atoms with E-state index in [9.17, 15) is 14.4 Å². The lowest BCUT2D eigenvalue weighted by molar-refractivity contribution is -0.123. The van der Waals surface area contributed by atoms with Crippen LogP contribution < -0.4 is 16.8 Å². The lowest BCUT2D eigenvalue weighted by atomic mass is 10.2. The minimum Gasteiger partial charge on any atom is -0.449 e. The molecule has 5 N–H and O–H groups in total. The highest BCUT2D eigenvalue weighted by Gasteiger charge is 2.23. The van der Waals surface area contributed by atoms with Crippen LogP contribution in [0, 0.1) is 6.92 Å². The number of benzene rings is 1. The van der Waals surface area contributed by atoms with E-state index in [0.717, 1.165) is 11.5 Å². The average molecular weight is 348 g/mol. The summed E-state index contributed by atoms with van der Waals surface area (Å²) in [5, 5.41) is 2.82. The number of carbonyl (C=O) groups excluding carboxylic acids is 3. The van der Waals surface area contributed by atoms with Crippen molar-refractivity contribution >= 4 is 40.0 Å². The number of nitrogens with zero attached hydrogens (tertiary/aromatic N) is 1. The molecule has 0 aliphatic heterocycles. The number of hydrogen-bond acceptors (Lipinski definition) is 7. The number of anilines is 2. The summed E-state index contributed by atoms with van der Waals surface area (Å²) in [4.78, 5) is 35.1. The zero-order valence-electron chi connectivity index (χ0n) is 13.0. The Morgan fingerprint density at radius 1 is 1.25 bits per heavy atom. The summed E-state index contributed by atoms with van der Waals surface area (Å²) in [5.41, 5.74) is 12.2. The molecule has 1 aromatic heterocycles. The van der Waals surface area contributed by atoms with Gasteiger partial charge in [0.25, 0.3) is 5.91 Å². The van der Waals surface area contributed by atoms with Crippen LogP contribution in [0.3, 0.4) is 0 Å². The van der Waals surface area contributed by atoms with Gasteiger partial charge >= 0.3 is 5.97 Å². The minimum absolute atomic E-state index is 0.172. The fraction of sp³-hybridized carbons (Fsp3) is 0.200. The minimum atomic E-state index is -1.04. The summed E-state index contributed by atoms with van der Waals surface area (Å²) in [5.74, 6) is -1.78. The number of hydrogen-bond donors (Lipinski definition) is 3. The number of aromatic nitrogens is 1. The summed E-state index contributed by atoms with van der Waals surface area (Å²) >= 11 is 0.990. The summed E-state index contributed by atoms with van der Waals surface area (Å²) in [6.07, 6.45) is -1.04. The number of carbonyl (C=O) groups is 3. The van der Waals surface area contributed by atoms with E-state index in [2.05, 4.69) is 9.69 Å². The van der Waals surface area contributed by atoms with Crippen molar-refractivity contribution in [3.63, 3.8) is 0 Å². The van der Waals surface area contributed by atoms with Crippen LogP contribution in [0.25, 0.3) is 0 Å². The van der Waals surface area contributed by atoms with Crippen molar-refractivity contribution in [1.29, 1.82) is 0 Å². The third kappa shape index (κ3) is 3.87. The normalized spacial score (nSPS) is 11.6. The highest BCUT2D eigenvalue weighted by Crippen LogP contribution is 2.22. The van der Waals surface area contributed by atoms with Crippen LogP contribution in [0.4, 0.5) is 10.7 Å². The molecular formula is C15H16N4O4S. The fourth-order valence-electron chi connectivity index (χ4n) is 1.87. The Hall–Kier alpha value is -2.94. The number of nitrogens with one attached hydrogen (secondary N) is 1. The second-order valence-corrected chi connectivity index (χ2v) is 5.79. The van der Waals surface area contributed by atoms with Crippen molar-refractivity contribution in [3.05, 3.63) is 41.1 Å². The highest BCUT2D eigenvalue weighted by atomic mass is 32.1. The summed E-state index contributed by atoms with van der Waals surface area (Å²) in [7, 11) is 0. The number of nitrogen functional groups attached to an aromatic ring is 1. The SMILES string of the molecule is Cc1nsc(N)c1C(=O)OC(C)C(=O)Nc1ccc(C(N)=O)cc1. The van der Waals surface area contributed by atoms with E-state index in [1.165, 1.54) is 31.2 Å². The molecule has 2 amide bonds. The van der Waals surface area contributed by atoms with Crippen molar-refractivity contribution in [1.82, 2.24) is 4.37 Å². The van der Waals surface area contributed by atoms with Crippen LogP contribution in [0.2, 0.25) is 0 Å². The molecule has 0 fully saturated rings. The highest BCUT2D eigenvalue weighted by molar-refractivity contribution is 7.10. The average Bonchev–Trinajstić information content (AvgIpc) is 2.86. The van der Waals surface area contributed by atoms with Gasteiger partial charge in [0.2, 0.25) is 5.91 Å². The molecule has 1 unspecified atom stereocenters. The predicted molar refractivity (Wildman–Crippen MR) is 89.7 cm³/mol. The molecule has 8 nitrogen and oxygen atoms in total. The molecule has 0 saturated heterocycles. The first kappa shape index (κ1) is 17.4. The molecule has 2 aromatic rings. The van der Waals surface area contributed by atoms with Gasteiger partial charge in [-0.1, -0.05) is 0 Å². The standard InChI is InChI=1S/C15H16N4O4S/c1-7-11(13(17)24-19-7)15(22)23-8(2)14(21)18-10-5-3-9(4-6-10)12(16)20/h3-6,8H,17H2,1-2H3,(H2,16,20)(H,18,21). The van der Waals surface area contributed by atoms with Gasteiger partial charge in [0.05, 0.1) is 5.69 Å². The largest absolute Gasteiger partial charge is 0.449 e. The Morgan fingerprint density at radius 2 is 1.88 bits per heavy atom. The van der Waals surface area contributed by atoms with Crippen molar-refractivity contribution in [3.8, 4) is 0 Å². The molecule has 9 heteroatoms. The monoisotopic (exact) mass is 348 g/mol. The van der Waals surface area contributed by atoms with Crippen LogP contribution in [0.5, 0.6) is 0 Å². The maximum atomic E-state index is 12.1. The summed E-state index contributed by atoms with van der Waals surface area (Å²) < 4.78 is 9.07. The van der Waals surface area contributed by atoms with E-state index in [-0.39, 0.29) is 10.6 Å². The van der Waals surface area contributed by atoms with Gasteiger partial charge in [-0.15, -0.1) is 0 Å². The Bertz CT molecular complexity index is 766. The third-order valence-corrected chi connectivity index (χ3v) is 3.95. The Morgan fingerprint density at radius 3 is 2.38 bits per heavy atom. The van der Waals surface area contributed by atoms with E-state index in [4.69, 9.17) is 16.2 Å². The molecule has 0 aliphatic rings. The molecule has 0 spiro atoms. The van der Waals surface area contributed by atoms with Gasteiger partial charge in [0.15, 0.2) is 6.10 Å². The maximum absolute atomic E-state index is 12.1. The molecule has 1 heterocycles. The number of primary amides is 1. The molecular weight excluding hydrogens is 332 g/mol. The van der Waals surface area contributed by atoms with Crippen molar-refractivity contribution in [2.75, 3.05) is 11.1 Å². The van der Waals surface area contributed by atoms with E-state index >= 15 is 0 Å². The van der Waals surface area contributed by atoms with Crippen LogP contribution in [0.1, 0.15) is 33.3 Å². The third-order valence-electron chi connectivity index (χ3n) is 3.18. The van der Waals surface area contributed by atoms with Crippen LogP contribution in [0.15, 0.2) is 24.3 Å². The number of rotatable bonds is 5. The molecule has 126 valence electrons. The molecule has 1 atom stereocenters. The summed E-state index contributed by atoms with van der Waals surface area (Å²) in [6, 6.07) is 6.01. The zero-order valence-corrected chi connectivity index (χ0v) is 13.8. The van der Waals surface area contributed by atoms with Crippen molar-refractivity contribution < 1.29 is 19.1 Å². The number of aryl methyl sites for hydroxylation is 1. The Balaban J connectivity index is 1.99. The van der Waals surface area contributed by atoms with E-state index in [1.54, 1.807) is 6.92 Å².